The monoisotopic (exact) mass is 251 g/mol. The molecule has 0 unspecified atom stereocenters. The number of carboxylic acid groups (broad SMARTS) is 1. The highest BCUT2D eigenvalue weighted by molar-refractivity contribution is 5.68. The van der Waals surface area contributed by atoms with Gasteiger partial charge in [0.1, 0.15) is 12.1 Å². The van der Waals surface area contributed by atoms with Gasteiger partial charge in [-0.1, -0.05) is 0 Å². The van der Waals surface area contributed by atoms with Crippen LogP contribution in [0.1, 0.15) is 24.8 Å². The Hall–Kier alpha value is -1.85. The summed E-state index contributed by atoms with van der Waals surface area (Å²) in [6.07, 6.45) is 3.75. The van der Waals surface area contributed by atoms with Crippen molar-refractivity contribution in [3.05, 3.63) is 11.9 Å². The quantitative estimate of drug-likeness (QED) is 0.819. The minimum absolute atomic E-state index is 0.113. The van der Waals surface area contributed by atoms with Gasteiger partial charge in [-0.25, -0.2) is 9.97 Å². The van der Waals surface area contributed by atoms with Gasteiger partial charge in [0.15, 0.2) is 0 Å². The summed E-state index contributed by atoms with van der Waals surface area (Å²) in [6.45, 7) is 2.37. The molecule has 0 bridgehead atoms. The molecular formula is C12H17N3O3. The SMILES string of the molecule is COc1ncnc(N(CCC(=O)O)C2CC2)c1C. The predicted octanol–water partition coefficient (Wildman–Crippen LogP) is 1.24. The van der Waals surface area contributed by atoms with E-state index in [1.165, 1.54) is 6.33 Å². The highest BCUT2D eigenvalue weighted by Crippen LogP contribution is 2.34. The first-order valence-corrected chi connectivity index (χ1v) is 5.97. The highest BCUT2D eigenvalue weighted by Gasteiger charge is 2.31. The molecule has 1 aromatic rings. The summed E-state index contributed by atoms with van der Waals surface area (Å²) in [5.41, 5.74) is 0.859. The summed E-state index contributed by atoms with van der Waals surface area (Å²) in [4.78, 5) is 21.1. The van der Waals surface area contributed by atoms with Crippen LogP contribution in [0.4, 0.5) is 5.82 Å². The summed E-state index contributed by atoms with van der Waals surface area (Å²) >= 11 is 0. The van der Waals surface area contributed by atoms with Gasteiger partial charge in [0, 0.05) is 12.6 Å². The molecule has 2 rings (SSSR count). The molecule has 0 saturated heterocycles. The first kappa shape index (κ1) is 12.6. The van der Waals surface area contributed by atoms with Crippen molar-refractivity contribution in [2.75, 3.05) is 18.6 Å². The van der Waals surface area contributed by atoms with Crippen LogP contribution in [0.3, 0.4) is 0 Å². The highest BCUT2D eigenvalue weighted by atomic mass is 16.5. The molecular weight excluding hydrogens is 234 g/mol. The molecule has 6 nitrogen and oxygen atoms in total. The number of aromatic nitrogens is 2. The van der Waals surface area contributed by atoms with Crippen LogP contribution in [0.5, 0.6) is 5.88 Å². The summed E-state index contributed by atoms with van der Waals surface area (Å²) in [5.74, 6) is 0.533. The van der Waals surface area contributed by atoms with E-state index >= 15 is 0 Å². The molecule has 0 aromatic carbocycles. The van der Waals surface area contributed by atoms with Gasteiger partial charge in [-0.05, 0) is 19.8 Å². The normalized spacial score (nSPS) is 14.3. The minimum atomic E-state index is -0.792. The number of methoxy groups -OCH3 is 1. The lowest BCUT2D eigenvalue weighted by Gasteiger charge is -2.24. The van der Waals surface area contributed by atoms with Gasteiger partial charge in [-0.3, -0.25) is 4.79 Å². The molecule has 0 aliphatic heterocycles. The number of rotatable bonds is 6. The third kappa shape index (κ3) is 2.69. The lowest BCUT2D eigenvalue weighted by molar-refractivity contribution is -0.136. The third-order valence-electron chi connectivity index (χ3n) is 3.03. The second-order valence-corrected chi connectivity index (χ2v) is 4.40. The molecule has 0 amide bonds. The maximum atomic E-state index is 10.7. The molecule has 1 aliphatic rings. The van der Waals surface area contributed by atoms with Crippen LogP contribution in [0.25, 0.3) is 0 Å². The Balaban J connectivity index is 2.22. The Labute approximate surface area is 106 Å². The van der Waals surface area contributed by atoms with Crippen LogP contribution < -0.4 is 9.64 Å². The fourth-order valence-corrected chi connectivity index (χ4v) is 1.98. The number of ether oxygens (including phenoxy) is 1. The van der Waals surface area contributed by atoms with Crippen LogP contribution in [-0.2, 0) is 4.79 Å². The molecule has 0 radical (unpaired) electrons. The Kier molecular flexibility index (Phi) is 3.64. The van der Waals surface area contributed by atoms with E-state index in [4.69, 9.17) is 9.84 Å². The Morgan fingerprint density at radius 2 is 2.28 bits per heavy atom. The Bertz CT molecular complexity index is 446. The number of carbonyl (C=O) groups is 1. The molecule has 6 heteroatoms. The third-order valence-corrected chi connectivity index (χ3v) is 3.03. The second-order valence-electron chi connectivity index (χ2n) is 4.40. The lowest BCUT2D eigenvalue weighted by Crippen LogP contribution is -2.30. The molecule has 1 N–H and O–H groups in total. The van der Waals surface area contributed by atoms with E-state index in [-0.39, 0.29) is 6.42 Å². The van der Waals surface area contributed by atoms with Crippen LogP contribution in [-0.4, -0.2) is 40.7 Å². The van der Waals surface area contributed by atoms with Crippen LogP contribution in [0, 0.1) is 6.92 Å². The molecule has 1 aliphatic carbocycles. The zero-order chi connectivity index (χ0) is 13.1. The number of hydrogen-bond donors (Lipinski definition) is 1. The topological polar surface area (TPSA) is 75.6 Å². The van der Waals surface area contributed by atoms with E-state index in [0.717, 1.165) is 24.2 Å². The van der Waals surface area contributed by atoms with Gasteiger partial charge >= 0.3 is 5.97 Å². The molecule has 1 aromatic heterocycles. The van der Waals surface area contributed by atoms with Crippen molar-refractivity contribution in [2.24, 2.45) is 0 Å². The summed E-state index contributed by atoms with van der Waals surface area (Å²) in [6, 6.07) is 0.405. The van der Waals surface area contributed by atoms with E-state index in [1.807, 2.05) is 11.8 Å². The second kappa shape index (κ2) is 5.20. The van der Waals surface area contributed by atoms with Gasteiger partial charge in [0.25, 0.3) is 0 Å². The predicted molar refractivity (Wildman–Crippen MR) is 65.9 cm³/mol. The molecule has 98 valence electrons. The molecule has 1 saturated carbocycles. The van der Waals surface area contributed by atoms with Gasteiger partial charge in [0.2, 0.25) is 5.88 Å². The fraction of sp³-hybridized carbons (Fsp3) is 0.583. The first-order chi connectivity index (χ1) is 8.63. The molecule has 0 atom stereocenters. The van der Waals surface area contributed by atoms with Crippen molar-refractivity contribution in [2.45, 2.75) is 32.2 Å². The van der Waals surface area contributed by atoms with E-state index in [1.54, 1.807) is 7.11 Å². The number of hydrogen-bond acceptors (Lipinski definition) is 5. The lowest BCUT2D eigenvalue weighted by atomic mass is 10.2. The average Bonchev–Trinajstić information content (AvgIpc) is 3.15. The maximum absolute atomic E-state index is 10.7. The van der Waals surface area contributed by atoms with Crippen LogP contribution in [0.15, 0.2) is 6.33 Å². The summed E-state index contributed by atoms with van der Waals surface area (Å²) in [7, 11) is 1.57. The first-order valence-electron chi connectivity index (χ1n) is 5.97. The Morgan fingerprint density at radius 3 is 2.83 bits per heavy atom. The maximum Gasteiger partial charge on any atom is 0.305 e. The smallest absolute Gasteiger partial charge is 0.305 e. The average molecular weight is 251 g/mol. The fourth-order valence-electron chi connectivity index (χ4n) is 1.98. The van der Waals surface area contributed by atoms with Gasteiger partial charge < -0.3 is 14.7 Å². The molecule has 18 heavy (non-hydrogen) atoms. The van der Waals surface area contributed by atoms with E-state index < -0.39 is 5.97 Å². The van der Waals surface area contributed by atoms with Crippen LogP contribution >= 0.6 is 0 Å². The van der Waals surface area contributed by atoms with E-state index in [2.05, 4.69) is 9.97 Å². The van der Waals surface area contributed by atoms with Crippen molar-refractivity contribution >= 4 is 11.8 Å². The van der Waals surface area contributed by atoms with E-state index in [0.29, 0.717) is 18.5 Å². The van der Waals surface area contributed by atoms with Crippen molar-refractivity contribution in [3.8, 4) is 5.88 Å². The zero-order valence-electron chi connectivity index (χ0n) is 10.6. The van der Waals surface area contributed by atoms with Crippen molar-refractivity contribution in [1.82, 2.24) is 9.97 Å². The van der Waals surface area contributed by atoms with Gasteiger partial charge in [0.05, 0.1) is 19.1 Å². The number of anilines is 1. The standard InChI is InChI=1S/C12H17N3O3/c1-8-11(13-7-14-12(8)18-2)15(9-3-4-9)6-5-10(16)17/h7,9H,3-6H2,1-2H3,(H,16,17). The van der Waals surface area contributed by atoms with Crippen molar-refractivity contribution < 1.29 is 14.6 Å². The summed E-state index contributed by atoms with van der Waals surface area (Å²) < 4.78 is 5.17. The summed E-state index contributed by atoms with van der Waals surface area (Å²) in [5, 5.41) is 8.80. The number of nitrogens with zero attached hydrogens (tertiary/aromatic N) is 3. The molecule has 0 spiro atoms. The number of aliphatic carboxylic acids is 1. The Morgan fingerprint density at radius 1 is 1.56 bits per heavy atom. The molecule has 1 heterocycles. The van der Waals surface area contributed by atoms with Gasteiger partial charge in [-0.2, -0.15) is 0 Å². The number of carboxylic acids is 1. The minimum Gasteiger partial charge on any atom is -0.481 e. The van der Waals surface area contributed by atoms with Crippen LogP contribution in [0.2, 0.25) is 0 Å². The molecule has 1 fully saturated rings. The largest absolute Gasteiger partial charge is 0.481 e. The zero-order valence-corrected chi connectivity index (χ0v) is 10.6. The van der Waals surface area contributed by atoms with Crippen molar-refractivity contribution in [3.63, 3.8) is 0 Å². The van der Waals surface area contributed by atoms with Crippen molar-refractivity contribution in [1.29, 1.82) is 0 Å². The van der Waals surface area contributed by atoms with Gasteiger partial charge in [-0.15, -0.1) is 0 Å². The van der Waals surface area contributed by atoms with E-state index in [9.17, 15) is 4.79 Å².